The Bertz CT molecular complexity index is 398. The molecule has 1 rings (SSSR count). The zero-order valence-electron chi connectivity index (χ0n) is 10.7. The molecule has 102 valence electrons. The number of unbranched alkanes of at least 4 members (excludes halogenated alkanes) is 1. The van der Waals surface area contributed by atoms with Gasteiger partial charge in [-0.2, -0.15) is 0 Å². The molecule has 18 heavy (non-hydrogen) atoms. The zero-order chi connectivity index (χ0) is 12.9. The summed E-state index contributed by atoms with van der Waals surface area (Å²) >= 11 is 0. The van der Waals surface area contributed by atoms with Crippen LogP contribution in [0.3, 0.4) is 0 Å². The first-order valence-electron chi connectivity index (χ1n) is 5.72. The zero-order valence-corrected chi connectivity index (χ0v) is 11.5. The molecule has 0 bridgehead atoms. The van der Waals surface area contributed by atoms with Crippen molar-refractivity contribution in [3.05, 3.63) is 29.8 Å². The molecule has 0 saturated heterocycles. The Morgan fingerprint density at radius 2 is 2.06 bits per heavy atom. The predicted octanol–water partition coefficient (Wildman–Crippen LogP) is 2.55. The lowest BCUT2D eigenvalue weighted by Crippen LogP contribution is -2.45. The van der Waals surface area contributed by atoms with Crippen molar-refractivity contribution in [1.29, 1.82) is 0 Å². The van der Waals surface area contributed by atoms with E-state index in [1.165, 1.54) is 7.11 Å². The first-order valence-corrected chi connectivity index (χ1v) is 5.72. The van der Waals surface area contributed by atoms with Crippen molar-refractivity contribution < 1.29 is 14.6 Å². The minimum absolute atomic E-state index is 0. The van der Waals surface area contributed by atoms with Gasteiger partial charge in [0.1, 0.15) is 11.3 Å². The van der Waals surface area contributed by atoms with E-state index in [0.29, 0.717) is 17.7 Å². The van der Waals surface area contributed by atoms with E-state index in [1.807, 2.05) is 6.92 Å². The summed E-state index contributed by atoms with van der Waals surface area (Å²) in [5, 5.41) is 9.35. The molecule has 0 aliphatic rings. The van der Waals surface area contributed by atoms with Crippen LogP contribution in [-0.2, 0) is 10.3 Å². The average Bonchev–Trinajstić information content (AvgIpc) is 2.35. The normalized spacial score (nSPS) is 13.3. The Morgan fingerprint density at radius 1 is 1.44 bits per heavy atom. The summed E-state index contributed by atoms with van der Waals surface area (Å²) in [6, 6.07) is 7.01. The quantitative estimate of drug-likeness (QED) is 0.835. The highest BCUT2D eigenvalue weighted by Crippen LogP contribution is 2.32. The minimum Gasteiger partial charge on any atom is -0.496 e. The maximum Gasteiger partial charge on any atom is 0.328 e. The lowest BCUT2D eigenvalue weighted by molar-refractivity contribution is -0.144. The highest BCUT2D eigenvalue weighted by molar-refractivity contribution is 5.85. The Balaban J connectivity index is 0.00000289. The molecule has 0 aliphatic heterocycles. The van der Waals surface area contributed by atoms with Crippen molar-refractivity contribution in [1.82, 2.24) is 0 Å². The molecule has 0 radical (unpaired) electrons. The fourth-order valence-corrected chi connectivity index (χ4v) is 1.83. The van der Waals surface area contributed by atoms with Gasteiger partial charge in [0.2, 0.25) is 0 Å². The third-order valence-corrected chi connectivity index (χ3v) is 2.89. The van der Waals surface area contributed by atoms with E-state index in [0.717, 1.165) is 12.8 Å². The van der Waals surface area contributed by atoms with Gasteiger partial charge < -0.3 is 15.6 Å². The topological polar surface area (TPSA) is 72.6 Å². The molecule has 1 aromatic rings. The van der Waals surface area contributed by atoms with Crippen LogP contribution in [0.5, 0.6) is 5.75 Å². The number of carboxylic acids is 1. The van der Waals surface area contributed by atoms with Crippen LogP contribution in [0.15, 0.2) is 24.3 Å². The van der Waals surface area contributed by atoms with Gasteiger partial charge in [0.15, 0.2) is 0 Å². The molecule has 3 N–H and O–H groups in total. The van der Waals surface area contributed by atoms with Crippen LogP contribution >= 0.6 is 12.4 Å². The number of aliphatic carboxylic acids is 1. The number of rotatable bonds is 6. The predicted molar refractivity (Wildman–Crippen MR) is 73.3 cm³/mol. The number of methoxy groups -OCH3 is 1. The third kappa shape index (κ3) is 3.37. The number of benzene rings is 1. The van der Waals surface area contributed by atoms with Crippen LogP contribution in [0, 0.1) is 0 Å². The van der Waals surface area contributed by atoms with Crippen molar-refractivity contribution in [2.24, 2.45) is 5.73 Å². The summed E-state index contributed by atoms with van der Waals surface area (Å²) in [7, 11) is 1.51. The van der Waals surface area contributed by atoms with Gasteiger partial charge in [-0.1, -0.05) is 38.0 Å². The fraction of sp³-hybridized carbons (Fsp3) is 0.462. The average molecular weight is 274 g/mol. The van der Waals surface area contributed by atoms with Gasteiger partial charge in [-0.25, -0.2) is 4.79 Å². The van der Waals surface area contributed by atoms with Crippen molar-refractivity contribution in [3.63, 3.8) is 0 Å². The molecular weight excluding hydrogens is 254 g/mol. The highest BCUT2D eigenvalue weighted by Gasteiger charge is 2.37. The van der Waals surface area contributed by atoms with E-state index >= 15 is 0 Å². The van der Waals surface area contributed by atoms with Gasteiger partial charge in [-0.15, -0.1) is 12.4 Å². The van der Waals surface area contributed by atoms with Crippen molar-refractivity contribution in [2.45, 2.75) is 31.7 Å². The fourth-order valence-electron chi connectivity index (χ4n) is 1.83. The van der Waals surface area contributed by atoms with Crippen molar-refractivity contribution in [3.8, 4) is 5.75 Å². The number of nitrogens with two attached hydrogens (primary N) is 1. The first-order chi connectivity index (χ1) is 8.06. The monoisotopic (exact) mass is 273 g/mol. The maximum atomic E-state index is 11.4. The summed E-state index contributed by atoms with van der Waals surface area (Å²) in [5.41, 5.74) is 5.20. The molecule has 4 nitrogen and oxygen atoms in total. The summed E-state index contributed by atoms with van der Waals surface area (Å²) in [6.45, 7) is 2.00. The van der Waals surface area contributed by atoms with E-state index in [1.54, 1.807) is 24.3 Å². The Labute approximate surface area is 114 Å². The molecule has 5 heteroatoms. The van der Waals surface area contributed by atoms with E-state index in [2.05, 4.69) is 0 Å². The minimum atomic E-state index is -1.37. The molecule has 1 atom stereocenters. The van der Waals surface area contributed by atoms with Gasteiger partial charge >= 0.3 is 5.97 Å². The first kappa shape index (κ1) is 16.7. The Kier molecular flexibility index (Phi) is 6.73. The second kappa shape index (κ2) is 7.24. The lowest BCUT2D eigenvalue weighted by atomic mass is 9.85. The summed E-state index contributed by atoms with van der Waals surface area (Å²) < 4.78 is 5.18. The highest BCUT2D eigenvalue weighted by atomic mass is 35.5. The van der Waals surface area contributed by atoms with Crippen LogP contribution in [-0.4, -0.2) is 18.2 Å². The SMILES string of the molecule is CCCCC(N)(C(=O)O)c1ccccc1OC.Cl. The molecule has 0 spiro atoms. The molecule has 0 saturated carbocycles. The number of para-hydroxylation sites is 1. The number of ether oxygens (including phenoxy) is 1. The van der Waals surface area contributed by atoms with E-state index in [9.17, 15) is 9.90 Å². The lowest BCUT2D eigenvalue weighted by Gasteiger charge is -2.26. The van der Waals surface area contributed by atoms with Crippen LogP contribution in [0.25, 0.3) is 0 Å². The summed E-state index contributed by atoms with van der Waals surface area (Å²) in [6.07, 6.45) is 2.07. The van der Waals surface area contributed by atoms with Gasteiger partial charge in [0.25, 0.3) is 0 Å². The van der Waals surface area contributed by atoms with Crippen LogP contribution in [0.4, 0.5) is 0 Å². The summed E-state index contributed by atoms with van der Waals surface area (Å²) in [4.78, 5) is 11.4. The Morgan fingerprint density at radius 3 is 2.56 bits per heavy atom. The van der Waals surface area contributed by atoms with E-state index in [4.69, 9.17) is 10.5 Å². The maximum absolute atomic E-state index is 11.4. The van der Waals surface area contributed by atoms with Crippen molar-refractivity contribution >= 4 is 18.4 Å². The molecule has 0 aromatic heterocycles. The molecule has 0 aliphatic carbocycles. The van der Waals surface area contributed by atoms with Gasteiger partial charge in [-0.3, -0.25) is 0 Å². The third-order valence-electron chi connectivity index (χ3n) is 2.89. The number of carboxylic acid groups (broad SMARTS) is 1. The number of hydrogen-bond donors (Lipinski definition) is 2. The van der Waals surface area contributed by atoms with E-state index in [-0.39, 0.29) is 12.4 Å². The number of halogens is 1. The van der Waals surface area contributed by atoms with E-state index < -0.39 is 11.5 Å². The van der Waals surface area contributed by atoms with Crippen molar-refractivity contribution in [2.75, 3.05) is 7.11 Å². The Hall–Kier alpha value is -1.26. The number of hydrogen-bond acceptors (Lipinski definition) is 3. The van der Waals surface area contributed by atoms with Crippen LogP contribution < -0.4 is 10.5 Å². The summed E-state index contributed by atoms with van der Waals surface area (Å²) in [5.74, 6) is -0.496. The molecule has 0 amide bonds. The molecular formula is C13H20ClNO3. The van der Waals surface area contributed by atoms with Gasteiger partial charge in [-0.05, 0) is 12.5 Å². The standard InChI is InChI=1S/C13H19NO3.ClH/c1-3-4-9-13(14,12(15)16)10-7-5-6-8-11(10)17-2;/h5-8H,3-4,9,14H2,1-2H3,(H,15,16);1H. The van der Waals surface area contributed by atoms with Crippen LogP contribution in [0.1, 0.15) is 31.7 Å². The van der Waals surface area contributed by atoms with Gasteiger partial charge in [0.05, 0.1) is 7.11 Å². The second-order valence-corrected chi connectivity index (χ2v) is 4.08. The molecule has 1 aromatic carbocycles. The second-order valence-electron chi connectivity index (χ2n) is 4.08. The molecule has 0 fully saturated rings. The van der Waals surface area contributed by atoms with Crippen LogP contribution in [0.2, 0.25) is 0 Å². The van der Waals surface area contributed by atoms with Gasteiger partial charge in [0, 0.05) is 5.56 Å². The largest absolute Gasteiger partial charge is 0.496 e. The molecule has 1 unspecified atom stereocenters. The molecule has 0 heterocycles. The smallest absolute Gasteiger partial charge is 0.328 e. The number of carbonyl (C=O) groups is 1.